The number of hydrogen-bond donors (Lipinski definition) is 2. The SMILES string of the molecule is B[C@@H]1O[C@@](CO)(N=[N+]=[N-])[C@@H](O)[C@@H]1C. The van der Waals surface area contributed by atoms with Crippen molar-refractivity contribution in [3.05, 3.63) is 10.4 Å². The summed E-state index contributed by atoms with van der Waals surface area (Å²) in [5.74, 6) is -0.155. The molecule has 72 valence electrons. The maximum Gasteiger partial charge on any atom is 0.195 e. The van der Waals surface area contributed by atoms with Gasteiger partial charge in [0, 0.05) is 16.8 Å². The second kappa shape index (κ2) is 3.55. The largest absolute Gasteiger partial charge is 0.393 e. The fraction of sp³-hybridized carbons (Fsp3) is 1.00. The lowest BCUT2D eigenvalue weighted by atomic mass is 9.85. The Labute approximate surface area is 76.5 Å². The summed E-state index contributed by atoms with van der Waals surface area (Å²) in [6, 6.07) is -0.229. The standard InChI is InChI=1S/C6H12BN3O3/c1-3-4(12)6(2-11,9-10-8)13-5(3)7/h3-5,11-12H,2,7H2,1H3/t3-,4-,5+,6+/m0/s1. The second-order valence-corrected chi connectivity index (χ2v) is 3.32. The highest BCUT2D eigenvalue weighted by Crippen LogP contribution is 2.34. The van der Waals surface area contributed by atoms with Gasteiger partial charge < -0.3 is 14.9 Å². The molecular formula is C6H12BN3O3. The van der Waals surface area contributed by atoms with Gasteiger partial charge in [0.15, 0.2) is 5.72 Å². The molecule has 1 saturated heterocycles. The van der Waals surface area contributed by atoms with E-state index in [1.807, 2.05) is 0 Å². The van der Waals surface area contributed by atoms with Crippen molar-refractivity contribution in [1.29, 1.82) is 0 Å². The first kappa shape index (κ1) is 10.3. The van der Waals surface area contributed by atoms with Crippen LogP contribution in [0.5, 0.6) is 0 Å². The van der Waals surface area contributed by atoms with Crippen LogP contribution < -0.4 is 0 Å². The zero-order valence-corrected chi connectivity index (χ0v) is 7.58. The Morgan fingerprint density at radius 3 is 2.69 bits per heavy atom. The van der Waals surface area contributed by atoms with E-state index >= 15 is 0 Å². The molecule has 1 fully saturated rings. The third kappa shape index (κ3) is 1.51. The molecule has 1 aliphatic heterocycles. The van der Waals surface area contributed by atoms with Gasteiger partial charge in [-0.25, -0.2) is 0 Å². The van der Waals surface area contributed by atoms with Crippen molar-refractivity contribution < 1.29 is 14.9 Å². The second-order valence-electron chi connectivity index (χ2n) is 3.32. The maximum atomic E-state index is 9.66. The molecule has 1 aliphatic rings. The zero-order valence-electron chi connectivity index (χ0n) is 7.58. The van der Waals surface area contributed by atoms with Crippen LogP contribution in [0.2, 0.25) is 0 Å². The monoisotopic (exact) mass is 185 g/mol. The van der Waals surface area contributed by atoms with Gasteiger partial charge in [-0.3, -0.25) is 0 Å². The molecule has 0 unspecified atom stereocenters. The highest BCUT2D eigenvalue weighted by Gasteiger charge is 2.50. The quantitative estimate of drug-likeness (QED) is 0.249. The van der Waals surface area contributed by atoms with Crippen LogP contribution in [0.1, 0.15) is 6.92 Å². The number of hydrogen-bond acceptors (Lipinski definition) is 4. The average molecular weight is 185 g/mol. The topological polar surface area (TPSA) is 98.5 Å². The van der Waals surface area contributed by atoms with Crippen molar-refractivity contribution in [2.75, 3.05) is 6.61 Å². The molecule has 6 nitrogen and oxygen atoms in total. The van der Waals surface area contributed by atoms with E-state index in [1.165, 1.54) is 0 Å². The molecule has 0 aliphatic carbocycles. The van der Waals surface area contributed by atoms with Gasteiger partial charge in [-0.1, -0.05) is 12.0 Å². The van der Waals surface area contributed by atoms with Crippen molar-refractivity contribution in [2.24, 2.45) is 11.0 Å². The fourth-order valence-corrected chi connectivity index (χ4v) is 1.49. The number of azide groups is 1. The normalized spacial score (nSPS) is 44.4. The van der Waals surface area contributed by atoms with Crippen LogP contribution in [0.25, 0.3) is 10.4 Å². The molecule has 0 radical (unpaired) electrons. The first-order valence-electron chi connectivity index (χ1n) is 4.10. The van der Waals surface area contributed by atoms with Crippen molar-refractivity contribution >= 4 is 7.85 Å². The first-order chi connectivity index (χ1) is 6.07. The van der Waals surface area contributed by atoms with Gasteiger partial charge in [0.25, 0.3) is 0 Å². The Bertz CT molecular complexity index is 245. The molecule has 2 N–H and O–H groups in total. The molecule has 0 amide bonds. The molecule has 0 aromatic carbocycles. The van der Waals surface area contributed by atoms with Gasteiger partial charge in [0.1, 0.15) is 7.85 Å². The first-order valence-corrected chi connectivity index (χ1v) is 4.10. The van der Waals surface area contributed by atoms with E-state index in [0.29, 0.717) is 0 Å². The molecular weight excluding hydrogens is 173 g/mol. The predicted molar refractivity (Wildman–Crippen MR) is 47.6 cm³/mol. The molecule has 7 heteroatoms. The minimum absolute atomic E-state index is 0.155. The molecule has 1 rings (SSSR count). The van der Waals surface area contributed by atoms with Crippen LogP contribution in [0.15, 0.2) is 5.11 Å². The third-order valence-corrected chi connectivity index (χ3v) is 2.53. The highest BCUT2D eigenvalue weighted by molar-refractivity contribution is 6.11. The minimum Gasteiger partial charge on any atom is -0.393 e. The van der Waals surface area contributed by atoms with E-state index < -0.39 is 18.4 Å². The summed E-state index contributed by atoms with van der Waals surface area (Å²) in [6.45, 7) is 1.27. The maximum absolute atomic E-state index is 9.66. The lowest BCUT2D eigenvalue weighted by Crippen LogP contribution is -2.42. The van der Waals surface area contributed by atoms with Gasteiger partial charge in [0.2, 0.25) is 0 Å². The summed E-state index contributed by atoms with van der Waals surface area (Å²) >= 11 is 0. The number of aliphatic hydroxyl groups excluding tert-OH is 2. The highest BCUT2D eigenvalue weighted by atomic mass is 16.6. The van der Waals surface area contributed by atoms with Crippen LogP contribution in [0, 0.1) is 5.92 Å². The van der Waals surface area contributed by atoms with Crippen molar-refractivity contribution in [1.82, 2.24) is 0 Å². The van der Waals surface area contributed by atoms with E-state index in [-0.39, 0.29) is 11.9 Å². The van der Waals surface area contributed by atoms with Crippen molar-refractivity contribution in [3.8, 4) is 0 Å². The Morgan fingerprint density at radius 2 is 2.38 bits per heavy atom. The van der Waals surface area contributed by atoms with Crippen LogP contribution in [-0.4, -0.2) is 42.5 Å². The van der Waals surface area contributed by atoms with E-state index in [4.69, 9.17) is 15.4 Å². The molecule has 0 saturated carbocycles. The van der Waals surface area contributed by atoms with Crippen LogP contribution >= 0.6 is 0 Å². The number of nitrogens with zero attached hydrogens (tertiary/aromatic N) is 3. The Hall–Kier alpha value is -0.745. The molecule has 4 atom stereocenters. The van der Waals surface area contributed by atoms with Gasteiger partial charge in [-0.2, -0.15) is 0 Å². The summed E-state index contributed by atoms with van der Waals surface area (Å²) in [6.07, 6.45) is -0.955. The van der Waals surface area contributed by atoms with Crippen molar-refractivity contribution in [3.63, 3.8) is 0 Å². The lowest BCUT2D eigenvalue weighted by molar-refractivity contribution is -0.0930. The van der Waals surface area contributed by atoms with Gasteiger partial charge in [-0.15, -0.1) is 0 Å². The minimum atomic E-state index is -1.49. The van der Waals surface area contributed by atoms with Gasteiger partial charge in [0.05, 0.1) is 12.7 Å². The lowest BCUT2D eigenvalue weighted by Gasteiger charge is -2.24. The Kier molecular flexibility index (Phi) is 2.82. The van der Waals surface area contributed by atoms with Crippen molar-refractivity contribution in [2.45, 2.75) is 24.8 Å². The number of ether oxygens (including phenoxy) is 1. The molecule has 0 aromatic heterocycles. The average Bonchev–Trinajstić information content (AvgIpc) is 2.32. The molecule has 0 spiro atoms. The summed E-state index contributed by atoms with van der Waals surface area (Å²) in [5, 5.41) is 22.0. The summed E-state index contributed by atoms with van der Waals surface area (Å²) < 4.78 is 5.24. The Morgan fingerprint density at radius 1 is 1.77 bits per heavy atom. The number of rotatable bonds is 2. The molecule has 1 heterocycles. The molecule has 13 heavy (non-hydrogen) atoms. The van der Waals surface area contributed by atoms with Gasteiger partial charge >= 0.3 is 0 Å². The zero-order chi connectivity index (χ0) is 10.1. The van der Waals surface area contributed by atoms with Crippen LogP contribution in [-0.2, 0) is 4.74 Å². The fourth-order valence-electron chi connectivity index (χ4n) is 1.49. The smallest absolute Gasteiger partial charge is 0.195 e. The van der Waals surface area contributed by atoms with Crippen LogP contribution in [0.4, 0.5) is 0 Å². The predicted octanol–water partition coefficient (Wildman–Crippen LogP) is -1.03. The van der Waals surface area contributed by atoms with E-state index in [2.05, 4.69) is 10.0 Å². The number of aliphatic hydroxyl groups is 2. The summed E-state index contributed by atoms with van der Waals surface area (Å²) in [7, 11) is 1.76. The Balaban J connectivity index is 2.95. The third-order valence-electron chi connectivity index (χ3n) is 2.53. The van der Waals surface area contributed by atoms with E-state index in [0.717, 1.165) is 0 Å². The summed E-state index contributed by atoms with van der Waals surface area (Å²) in [5.41, 5.74) is 6.78. The van der Waals surface area contributed by atoms with E-state index in [1.54, 1.807) is 14.8 Å². The summed E-state index contributed by atoms with van der Waals surface area (Å²) in [4.78, 5) is 2.56. The van der Waals surface area contributed by atoms with Gasteiger partial charge in [-0.05, 0) is 5.53 Å². The van der Waals surface area contributed by atoms with E-state index in [9.17, 15) is 5.11 Å². The molecule has 0 bridgehead atoms. The van der Waals surface area contributed by atoms with Crippen LogP contribution in [0.3, 0.4) is 0 Å². The molecule has 0 aromatic rings.